The van der Waals surface area contributed by atoms with Gasteiger partial charge in [0.15, 0.2) is 0 Å². The van der Waals surface area contributed by atoms with E-state index in [9.17, 15) is 13.2 Å². The van der Waals surface area contributed by atoms with Gasteiger partial charge in [0.05, 0.1) is 0 Å². The van der Waals surface area contributed by atoms with Crippen LogP contribution in [0.5, 0.6) is 0 Å². The lowest BCUT2D eigenvalue weighted by Crippen LogP contribution is -2.58. The number of halogens is 3. The van der Waals surface area contributed by atoms with Crippen molar-refractivity contribution in [1.29, 1.82) is 0 Å². The molecular formula is C14H27F3N2. The average molecular weight is 280 g/mol. The van der Waals surface area contributed by atoms with Crippen molar-refractivity contribution in [3.05, 3.63) is 0 Å². The largest absolute Gasteiger partial charge is 0.389 e. The van der Waals surface area contributed by atoms with Crippen molar-refractivity contribution in [1.82, 2.24) is 10.2 Å². The molecule has 1 rings (SSSR count). The Labute approximate surface area is 114 Å². The van der Waals surface area contributed by atoms with Crippen molar-refractivity contribution in [2.24, 2.45) is 0 Å². The Morgan fingerprint density at radius 2 is 1.74 bits per heavy atom. The third-order valence-corrected chi connectivity index (χ3v) is 4.46. The SMILES string of the molecule is CCNC(CCC(F)(F)F)C(C)(CC)N1CCCC1. The minimum atomic E-state index is -4.06. The standard InChI is InChI=1S/C14H27F3N2/c1-4-13(3,19-10-6-7-11-19)12(18-5-2)8-9-14(15,16)17/h12,18H,4-11H2,1-3H3. The Morgan fingerprint density at radius 3 is 2.16 bits per heavy atom. The molecule has 2 atom stereocenters. The van der Waals surface area contributed by atoms with Crippen molar-refractivity contribution in [3.63, 3.8) is 0 Å². The number of likely N-dealkylation sites (N-methyl/N-ethyl adjacent to an activating group) is 1. The van der Waals surface area contributed by atoms with Crippen LogP contribution in [0.25, 0.3) is 0 Å². The lowest BCUT2D eigenvalue weighted by atomic mass is 9.84. The number of hydrogen-bond donors (Lipinski definition) is 1. The summed E-state index contributed by atoms with van der Waals surface area (Å²) < 4.78 is 37.5. The molecule has 19 heavy (non-hydrogen) atoms. The summed E-state index contributed by atoms with van der Waals surface area (Å²) in [5, 5.41) is 3.28. The zero-order chi connectivity index (χ0) is 14.5. The van der Waals surface area contributed by atoms with Crippen LogP contribution in [0.4, 0.5) is 13.2 Å². The van der Waals surface area contributed by atoms with E-state index in [0.29, 0.717) is 6.54 Å². The quantitative estimate of drug-likeness (QED) is 0.767. The Bertz CT molecular complexity index is 262. The molecule has 1 heterocycles. The fraction of sp³-hybridized carbons (Fsp3) is 1.00. The van der Waals surface area contributed by atoms with Gasteiger partial charge in [-0.05, 0) is 52.2 Å². The van der Waals surface area contributed by atoms with Gasteiger partial charge < -0.3 is 5.32 Å². The minimum Gasteiger partial charge on any atom is -0.312 e. The van der Waals surface area contributed by atoms with E-state index in [4.69, 9.17) is 0 Å². The van der Waals surface area contributed by atoms with Crippen LogP contribution in [0.1, 0.15) is 52.9 Å². The predicted octanol–water partition coefficient (Wildman–Crippen LogP) is 3.57. The van der Waals surface area contributed by atoms with Crippen LogP contribution in [0.3, 0.4) is 0 Å². The molecule has 0 aromatic rings. The van der Waals surface area contributed by atoms with Crippen LogP contribution >= 0.6 is 0 Å². The van der Waals surface area contributed by atoms with Crippen LogP contribution in [-0.2, 0) is 0 Å². The molecular weight excluding hydrogens is 253 g/mol. The molecule has 0 radical (unpaired) electrons. The topological polar surface area (TPSA) is 15.3 Å². The summed E-state index contributed by atoms with van der Waals surface area (Å²) in [6.07, 6.45) is -1.40. The third-order valence-electron chi connectivity index (χ3n) is 4.46. The molecule has 0 spiro atoms. The van der Waals surface area contributed by atoms with E-state index in [0.717, 1.165) is 32.4 Å². The number of nitrogens with zero attached hydrogens (tertiary/aromatic N) is 1. The van der Waals surface area contributed by atoms with E-state index < -0.39 is 12.6 Å². The van der Waals surface area contributed by atoms with Gasteiger partial charge in [-0.1, -0.05) is 13.8 Å². The fourth-order valence-electron chi connectivity index (χ4n) is 3.11. The smallest absolute Gasteiger partial charge is 0.312 e. The average Bonchev–Trinajstić information content (AvgIpc) is 2.86. The molecule has 5 heteroatoms. The highest BCUT2D eigenvalue weighted by atomic mass is 19.4. The molecule has 1 aliphatic heterocycles. The Morgan fingerprint density at radius 1 is 1.16 bits per heavy atom. The second kappa shape index (κ2) is 6.93. The van der Waals surface area contributed by atoms with Crippen LogP contribution in [0, 0.1) is 0 Å². The first-order valence-corrected chi connectivity index (χ1v) is 7.38. The molecule has 2 nitrogen and oxygen atoms in total. The number of alkyl halides is 3. The lowest BCUT2D eigenvalue weighted by molar-refractivity contribution is -0.138. The summed E-state index contributed by atoms with van der Waals surface area (Å²) in [7, 11) is 0. The second-order valence-electron chi connectivity index (χ2n) is 5.67. The van der Waals surface area contributed by atoms with Crippen LogP contribution in [0.2, 0.25) is 0 Å². The number of hydrogen-bond acceptors (Lipinski definition) is 2. The van der Waals surface area contributed by atoms with E-state index in [2.05, 4.69) is 24.1 Å². The number of likely N-dealkylation sites (tertiary alicyclic amines) is 1. The van der Waals surface area contributed by atoms with Crippen molar-refractivity contribution < 1.29 is 13.2 Å². The summed E-state index contributed by atoms with van der Waals surface area (Å²) in [5.74, 6) is 0. The van der Waals surface area contributed by atoms with E-state index in [1.54, 1.807) is 0 Å². The zero-order valence-corrected chi connectivity index (χ0v) is 12.3. The van der Waals surface area contributed by atoms with Crippen LogP contribution in [-0.4, -0.2) is 42.3 Å². The molecule has 0 aromatic carbocycles. The fourth-order valence-corrected chi connectivity index (χ4v) is 3.11. The van der Waals surface area contributed by atoms with Gasteiger partial charge in [0.2, 0.25) is 0 Å². The maximum Gasteiger partial charge on any atom is 0.389 e. The van der Waals surface area contributed by atoms with Gasteiger partial charge in [0, 0.05) is 18.0 Å². The normalized spacial score (nSPS) is 22.4. The highest BCUT2D eigenvalue weighted by molar-refractivity contribution is 4.97. The van der Waals surface area contributed by atoms with Crippen molar-refractivity contribution in [2.75, 3.05) is 19.6 Å². The molecule has 0 bridgehead atoms. The Balaban J connectivity index is 2.74. The van der Waals surface area contributed by atoms with E-state index in [-0.39, 0.29) is 18.0 Å². The molecule has 1 aliphatic rings. The second-order valence-corrected chi connectivity index (χ2v) is 5.67. The third kappa shape index (κ3) is 4.63. The molecule has 0 aromatic heterocycles. The zero-order valence-electron chi connectivity index (χ0n) is 12.3. The first-order valence-electron chi connectivity index (χ1n) is 7.38. The maximum atomic E-state index is 12.5. The monoisotopic (exact) mass is 280 g/mol. The van der Waals surface area contributed by atoms with Crippen molar-refractivity contribution in [2.45, 2.75) is 70.6 Å². The van der Waals surface area contributed by atoms with Gasteiger partial charge >= 0.3 is 6.18 Å². The van der Waals surface area contributed by atoms with Crippen LogP contribution < -0.4 is 5.32 Å². The Hall–Kier alpha value is -0.290. The van der Waals surface area contributed by atoms with E-state index in [1.165, 1.54) is 0 Å². The molecule has 2 unspecified atom stereocenters. The summed E-state index contributed by atoms with van der Waals surface area (Å²) in [6, 6.07) is -0.0952. The summed E-state index contributed by atoms with van der Waals surface area (Å²) in [6.45, 7) is 8.89. The lowest BCUT2D eigenvalue weighted by Gasteiger charge is -2.45. The van der Waals surface area contributed by atoms with E-state index in [1.807, 2.05) is 6.92 Å². The van der Waals surface area contributed by atoms with E-state index >= 15 is 0 Å². The van der Waals surface area contributed by atoms with Crippen molar-refractivity contribution >= 4 is 0 Å². The molecule has 1 N–H and O–H groups in total. The summed E-state index contributed by atoms with van der Waals surface area (Å²) in [4.78, 5) is 2.37. The van der Waals surface area contributed by atoms with Gasteiger partial charge in [-0.3, -0.25) is 4.90 Å². The first kappa shape index (κ1) is 16.8. The molecule has 1 saturated heterocycles. The maximum absolute atomic E-state index is 12.5. The highest BCUT2D eigenvalue weighted by Gasteiger charge is 2.40. The predicted molar refractivity (Wildman–Crippen MR) is 72.3 cm³/mol. The van der Waals surface area contributed by atoms with Gasteiger partial charge in [-0.25, -0.2) is 0 Å². The van der Waals surface area contributed by atoms with Gasteiger partial charge in [0.25, 0.3) is 0 Å². The first-order chi connectivity index (χ1) is 8.83. The Kier molecular flexibility index (Phi) is 6.12. The van der Waals surface area contributed by atoms with Gasteiger partial charge in [-0.15, -0.1) is 0 Å². The molecule has 1 fully saturated rings. The molecule has 0 aliphatic carbocycles. The summed E-state index contributed by atoms with van der Waals surface area (Å²) >= 11 is 0. The molecule has 0 amide bonds. The van der Waals surface area contributed by atoms with Crippen molar-refractivity contribution in [3.8, 4) is 0 Å². The minimum absolute atomic E-state index is 0.0952. The number of nitrogens with one attached hydrogen (secondary N) is 1. The van der Waals surface area contributed by atoms with Gasteiger partial charge in [-0.2, -0.15) is 13.2 Å². The summed E-state index contributed by atoms with van der Waals surface area (Å²) in [5.41, 5.74) is -0.169. The highest BCUT2D eigenvalue weighted by Crippen LogP contribution is 2.32. The van der Waals surface area contributed by atoms with Crippen LogP contribution in [0.15, 0.2) is 0 Å². The molecule has 0 saturated carbocycles. The molecule has 114 valence electrons. The van der Waals surface area contributed by atoms with Gasteiger partial charge in [0.1, 0.15) is 0 Å². The number of rotatable bonds is 7.